The van der Waals surface area contributed by atoms with Crippen LogP contribution in [0.25, 0.3) is 0 Å². The monoisotopic (exact) mass is 834 g/mol. The molecule has 5 atom stereocenters. The van der Waals surface area contributed by atoms with Crippen LogP contribution in [0, 0.1) is 31.6 Å². The lowest BCUT2D eigenvalue weighted by Gasteiger charge is -2.42. The number of hydrogen-bond acceptors (Lipinski definition) is 9. The summed E-state index contributed by atoms with van der Waals surface area (Å²) in [4.78, 5) is 59.3. The molecule has 0 radical (unpaired) electrons. The number of carbonyl (C=O) groups excluding carboxylic acids is 4. The van der Waals surface area contributed by atoms with Crippen LogP contribution in [0.3, 0.4) is 0 Å². The second kappa shape index (κ2) is 19.8. The molecule has 0 spiro atoms. The van der Waals surface area contributed by atoms with E-state index in [9.17, 15) is 27.6 Å². The normalized spacial score (nSPS) is 15.2. The second-order valence-electron chi connectivity index (χ2n) is 18.0. The molecule has 4 N–H and O–H groups in total. The van der Waals surface area contributed by atoms with Crippen molar-refractivity contribution in [1.29, 1.82) is 0 Å². The summed E-state index contributed by atoms with van der Waals surface area (Å²) >= 11 is 0. The summed E-state index contributed by atoms with van der Waals surface area (Å²) in [5.74, 6) is -1.28. The maximum Gasteiger partial charge on any atom is 0.251 e. The van der Waals surface area contributed by atoms with E-state index in [4.69, 9.17) is 8.84 Å². The number of benzene rings is 1. The molecule has 14 nitrogen and oxygen atoms in total. The fourth-order valence-electron chi connectivity index (χ4n) is 6.11. The van der Waals surface area contributed by atoms with E-state index in [0.29, 0.717) is 23.8 Å². The first-order chi connectivity index (χ1) is 25.9. The Bertz CT molecular complexity index is 1840. The minimum Gasteiger partial charge on any atom is -0.446 e. The molecule has 0 saturated carbocycles. The number of rotatable bonds is 19. The van der Waals surface area contributed by atoms with E-state index in [1.54, 1.807) is 27.7 Å². The summed E-state index contributed by atoms with van der Waals surface area (Å²) in [6.45, 7) is 29.1. The zero-order valence-electron chi connectivity index (χ0n) is 37.3. The Kier molecular flexibility index (Phi) is 17.1. The number of sulfonamides is 1. The molecule has 1 aromatic heterocycles. The minimum absolute atomic E-state index is 0.0656. The van der Waals surface area contributed by atoms with Gasteiger partial charge in [0.25, 0.3) is 11.8 Å². The van der Waals surface area contributed by atoms with Gasteiger partial charge in [-0.05, 0) is 88.7 Å². The largest absolute Gasteiger partial charge is 0.446 e. The zero-order chi connectivity index (χ0) is 44.0. The lowest BCUT2D eigenvalue weighted by Crippen LogP contribution is -2.54. The fraction of sp³-hybridized carbons (Fsp3) is 0.683. The number of anilines is 1. The van der Waals surface area contributed by atoms with E-state index < -0.39 is 60.3 Å². The molecule has 1 heterocycles. The van der Waals surface area contributed by atoms with Gasteiger partial charge in [0.05, 0.1) is 30.1 Å². The molecular formula is C41H70N6O8SSi. The van der Waals surface area contributed by atoms with Gasteiger partial charge in [0.2, 0.25) is 21.8 Å². The predicted octanol–water partition coefficient (Wildman–Crippen LogP) is 6.40. The van der Waals surface area contributed by atoms with Gasteiger partial charge in [-0.2, -0.15) is 0 Å². The van der Waals surface area contributed by atoms with Crippen molar-refractivity contribution in [3.05, 3.63) is 46.7 Å². The quantitative estimate of drug-likeness (QED) is 0.116. The molecule has 16 heteroatoms. The predicted molar refractivity (Wildman–Crippen MR) is 228 cm³/mol. The van der Waals surface area contributed by atoms with Crippen molar-refractivity contribution in [2.24, 2.45) is 17.8 Å². The Morgan fingerprint density at radius 3 is 1.82 bits per heavy atom. The first kappa shape index (κ1) is 49.4. The number of hydrogen-bond donors (Lipinski definition) is 4. The van der Waals surface area contributed by atoms with Crippen molar-refractivity contribution < 1.29 is 36.4 Å². The Morgan fingerprint density at radius 2 is 1.39 bits per heavy atom. The van der Waals surface area contributed by atoms with Gasteiger partial charge in [0.15, 0.2) is 14.2 Å². The molecule has 0 aliphatic heterocycles. The van der Waals surface area contributed by atoms with Crippen LogP contribution >= 0.6 is 0 Å². The third-order valence-corrected chi connectivity index (χ3v) is 16.2. The van der Waals surface area contributed by atoms with Crippen LogP contribution in [0.2, 0.25) is 18.1 Å². The topological polar surface area (TPSA) is 189 Å². The van der Waals surface area contributed by atoms with E-state index >= 15 is 0 Å². The zero-order valence-corrected chi connectivity index (χ0v) is 39.2. The molecule has 0 aliphatic rings. The fourth-order valence-corrected chi connectivity index (χ4v) is 7.97. The third kappa shape index (κ3) is 14.2. The van der Waals surface area contributed by atoms with Gasteiger partial charge in [-0.15, -0.1) is 0 Å². The SMILES string of the molecule is Cc1nc(C(C)NC(=O)c2cc(C(=O)N[C@@H](CC(C)C)[C@H](C[C@@H](C)C(=O)N[C@H](C(=O)NC(C)C)C(C)C)O[Si](C)(C)C(C)(C)C)cc(N(C)S(C)(=O)=O)c2)c(C)o1. The highest BCUT2D eigenvalue weighted by Gasteiger charge is 2.42. The molecule has 0 bridgehead atoms. The summed E-state index contributed by atoms with van der Waals surface area (Å²) in [7, 11) is -4.92. The van der Waals surface area contributed by atoms with Crippen molar-refractivity contribution in [2.45, 2.75) is 151 Å². The molecule has 0 fully saturated rings. The number of aromatic nitrogens is 1. The van der Waals surface area contributed by atoms with Gasteiger partial charge in [-0.3, -0.25) is 23.5 Å². The van der Waals surface area contributed by atoms with Gasteiger partial charge in [-0.1, -0.05) is 55.4 Å². The van der Waals surface area contributed by atoms with Crippen LogP contribution < -0.4 is 25.6 Å². The maximum absolute atomic E-state index is 14.4. The average molecular weight is 835 g/mol. The third-order valence-electron chi connectivity index (χ3n) is 10.5. The molecular weight excluding hydrogens is 765 g/mol. The highest BCUT2D eigenvalue weighted by Crippen LogP contribution is 2.39. The molecule has 2 aromatic rings. The van der Waals surface area contributed by atoms with Gasteiger partial charge in [0, 0.05) is 37.1 Å². The van der Waals surface area contributed by atoms with Crippen molar-refractivity contribution in [3.8, 4) is 0 Å². The van der Waals surface area contributed by atoms with E-state index in [1.807, 2.05) is 41.5 Å². The average Bonchev–Trinajstić information content (AvgIpc) is 3.41. The standard InChI is InChI=1S/C41H70N6O8SSi/c1-23(2)18-33(34(55-57(16,17)41(11,12)13)19-26(7)37(48)46-35(24(3)4)40(51)42-25(5)6)45-39(50)31-20-30(21-32(22-31)47(14)56(15,52)53)38(49)43-27(8)36-28(9)54-29(10)44-36/h20-27,33-35H,18-19H2,1-17H3,(H,42,51)(H,43,49)(H,45,50)(H,46,48)/t26-,27?,33+,34+,35+/m1/s1. The molecule has 4 amide bonds. The Hall–Kier alpha value is -3.76. The molecule has 2 rings (SSSR count). The molecule has 0 aliphatic carbocycles. The Balaban J connectivity index is 2.61. The summed E-state index contributed by atoms with van der Waals surface area (Å²) in [5.41, 5.74) is 0.807. The van der Waals surface area contributed by atoms with E-state index in [0.717, 1.165) is 10.6 Å². The van der Waals surface area contributed by atoms with Crippen LogP contribution in [-0.2, 0) is 24.0 Å². The molecule has 57 heavy (non-hydrogen) atoms. The van der Waals surface area contributed by atoms with Gasteiger partial charge < -0.3 is 30.1 Å². The second-order valence-corrected chi connectivity index (χ2v) is 24.8. The summed E-state index contributed by atoms with van der Waals surface area (Å²) < 4.78 is 39.0. The van der Waals surface area contributed by atoms with Crippen molar-refractivity contribution in [2.75, 3.05) is 17.6 Å². The van der Waals surface area contributed by atoms with E-state index in [2.05, 4.69) is 60.1 Å². The summed E-state index contributed by atoms with van der Waals surface area (Å²) in [6.07, 6.45) is 1.17. The molecule has 1 aromatic carbocycles. The molecule has 322 valence electrons. The Morgan fingerprint density at radius 1 is 0.842 bits per heavy atom. The van der Waals surface area contributed by atoms with Gasteiger partial charge in [0.1, 0.15) is 17.5 Å². The lowest BCUT2D eigenvalue weighted by molar-refractivity contribution is -0.132. The molecule has 1 unspecified atom stereocenters. The van der Waals surface area contributed by atoms with Crippen LogP contribution in [0.4, 0.5) is 5.69 Å². The molecule has 0 saturated heterocycles. The highest BCUT2D eigenvalue weighted by molar-refractivity contribution is 7.92. The van der Waals surface area contributed by atoms with Crippen LogP contribution in [0.5, 0.6) is 0 Å². The number of amides is 4. The lowest BCUT2D eigenvalue weighted by atomic mass is 9.91. The van der Waals surface area contributed by atoms with Crippen molar-refractivity contribution in [1.82, 2.24) is 26.3 Å². The van der Waals surface area contributed by atoms with Gasteiger partial charge in [-0.25, -0.2) is 13.4 Å². The van der Waals surface area contributed by atoms with E-state index in [1.165, 1.54) is 25.2 Å². The highest BCUT2D eigenvalue weighted by atomic mass is 32.2. The first-order valence-corrected chi connectivity index (χ1v) is 24.6. The van der Waals surface area contributed by atoms with Crippen LogP contribution in [0.15, 0.2) is 22.6 Å². The van der Waals surface area contributed by atoms with Crippen LogP contribution in [-0.4, -0.2) is 82.9 Å². The number of nitrogens with zero attached hydrogens (tertiary/aromatic N) is 2. The van der Waals surface area contributed by atoms with Gasteiger partial charge >= 0.3 is 0 Å². The number of oxazole rings is 1. The Labute approximate surface area is 342 Å². The number of carbonyl (C=O) groups is 4. The minimum atomic E-state index is -3.77. The number of nitrogens with one attached hydrogen (secondary N) is 4. The van der Waals surface area contributed by atoms with Crippen molar-refractivity contribution >= 4 is 47.7 Å². The van der Waals surface area contributed by atoms with E-state index in [-0.39, 0.29) is 58.0 Å². The first-order valence-electron chi connectivity index (χ1n) is 19.9. The summed E-state index contributed by atoms with van der Waals surface area (Å²) in [5, 5.41) is 11.7. The van der Waals surface area contributed by atoms with Crippen LogP contribution in [0.1, 0.15) is 133 Å². The summed E-state index contributed by atoms with van der Waals surface area (Å²) in [6, 6.07) is 2.32. The number of aryl methyl sites for hydroxylation is 2. The smallest absolute Gasteiger partial charge is 0.251 e. The van der Waals surface area contributed by atoms with Crippen molar-refractivity contribution in [3.63, 3.8) is 0 Å². The maximum atomic E-state index is 14.4.